The van der Waals surface area contributed by atoms with E-state index in [2.05, 4.69) is 95.4 Å². The highest BCUT2D eigenvalue weighted by molar-refractivity contribution is 9.13. The molecule has 32 heavy (non-hydrogen) atoms. The molecular formula is C26H30Br2O2Si2. The van der Waals surface area contributed by atoms with Crippen LogP contribution in [0.25, 0.3) is 32.7 Å². The number of hydrogen-bond donors (Lipinski definition) is 1. The second kappa shape index (κ2) is 9.81. The lowest BCUT2D eigenvalue weighted by Gasteiger charge is -2.27. The first kappa shape index (κ1) is 25.2. The molecule has 0 bridgehead atoms. The van der Waals surface area contributed by atoms with E-state index in [1.165, 1.54) is 0 Å². The van der Waals surface area contributed by atoms with Crippen LogP contribution in [-0.4, -0.2) is 21.7 Å². The van der Waals surface area contributed by atoms with Crippen LogP contribution in [0, 0.1) is 0 Å². The molecule has 0 aliphatic heterocycles. The maximum absolute atomic E-state index is 10.6. The monoisotopic (exact) mass is 588 g/mol. The van der Waals surface area contributed by atoms with E-state index < -0.39 is 16.6 Å². The van der Waals surface area contributed by atoms with Gasteiger partial charge in [0.25, 0.3) is 0 Å². The van der Waals surface area contributed by atoms with Gasteiger partial charge >= 0.3 is 0 Å². The van der Waals surface area contributed by atoms with Crippen LogP contribution in [0.3, 0.4) is 0 Å². The minimum atomic E-state index is -1.23. The van der Waals surface area contributed by atoms with E-state index in [1.54, 1.807) is 6.07 Å². The van der Waals surface area contributed by atoms with Crippen molar-refractivity contribution in [1.82, 2.24) is 0 Å². The van der Waals surface area contributed by atoms with Gasteiger partial charge in [-0.3, -0.25) is 0 Å². The Morgan fingerprint density at radius 1 is 0.656 bits per heavy atom. The number of halogens is 2. The molecule has 0 unspecified atom stereocenters. The first-order valence-electron chi connectivity index (χ1n) is 10.7. The van der Waals surface area contributed by atoms with Crippen molar-refractivity contribution in [1.29, 1.82) is 0 Å². The Labute approximate surface area is 210 Å². The summed E-state index contributed by atoms with van der Waals surface area (Å²) in [6, 6.07) is 22.1. The average molecular weight is 591 g/mol. The zero-order chi connectivity index (χ0) is 23.7. The molecule has 0 fully saturated rings. The molecule has 2 nitrogen and oxygen atoms in total. The molecule has 0 aliphatic carbocycles. The molecule has 0 radical (unpaired) electrons. The number of benzene rings is 4. The lowest BCUT2D eigenvalue weighted by atomic mass is 9.93. The molecule has 1 N–H and O–H groups in total. The van der Waals surface area contributed by atoms with Crippen LogP contribution in [0.15, 0.2) is 75.7 Å². The summed E-state index contributed by atoms with van der Waals surface area (Å²) in [6.07, 6.45) is 0. The van der Waals surface area contributed by atoms with Crippen LogP contribution in [0.2, 0.25) is 39.3 Å². The predicted octanol–water partition coefficient (Wildman–Crippen LogP) is 9.56. The Balaban J connectivity index is 0.000000275. The van der Waals surface area contributed by atoms with Crippen molar-refractivity contribution >= 4 is 70.0 Å². The van der Waals surface area contributed by atoms with Crippen molar-refractivity contribution in [2.75, 3.05) is 0 Å². The van der Waals surface area contributed by atoms with Gasteiger partial charge in [-0.15, -0.1) is 0 Å². The largest absolute Gasteiger partial charge is 0.507 e. The van der Waals surface area contributed by atoms with Crippen LogP contribution in [0.4, 0.5) is 0 Å². The minimum Gasteiger partial charge on any atom is -0.507 e. The topological polar surface area (TPSA) is 29.5 Å². The maximum Gasteiger partial charge on any atom is 0.170 e. The molecule has 4 aromatic rings. The van der Waals surface area contributed by atoms with Gasteiger partial charge in [0, 0.05) is 20.1 Å². The fraction of sp³-hybridized carbons (Fsp3) is 0.231. The van der Waals surface area contributed by atoms with Crippen molar-refractivity contribution in [2.45, 2.75) is 39.3 Å². The summed E-state index contributed by atoms with van der Waals surface area (Å²) >= 11 is 7.32. The van der Waals surface area contributed by atoms with Gasteiger partial charge in [-0.1, -0.05) is 54.6 Å². The number of phenols is 1. The third-order valence-corrected chi connectivity index (χ3v) is 11.6. The van der Waals surface area contributed by atoms with Crippen molar-refractivity contribution in [3.8, 4) is 16.9 Å². The molecule has 0 heterocycles. The van der Waals surface area contributed by atoms with Gasteiger partial charge in [0.15, 0.2) is 16.6 Å². The summed E-state index contributed by atoms with van der Waals surface area (Å²) in [4.78, 5) is 0. The van der Waals surface area contributed by atoms with Gasteiger partial charge in [-0.05, 0) is 105 Å². The van der Waals surface area contributed by atoms with Crippen LogP contribution in [0.1, 0.15) is 0 Å². The van der Waals surface area contributed by atoms with Crippen LogP contribution >= 0.6 is 31.9 Å². The summed E-state index contributed by atoms with van der Waals surface area (Å²) in [5, 5.41) is 15.0. The second-order valence-electron chi connectivity index (χ2n) is 9.78. The molecule has 0 spiro atoms. The Morgan fingerprint density at radius 2 is 1.16 bits per heavy atom. The zero-order valence-electron chi connectivity index (χ0n) is 19.5. The summed E-state index contributed by atoms with van der Waals surface area (Å²) in [6.45, 7) is 13.4. The van der Waals surface area contributed by atoms with Crippen molar-refractivity contribution in [3.05, 3.63) is 75.7 Å². The maximum atomic E-state index is 10.6. The SMILES string of the molecule is C[Si](C)(C)O[Si](C)(C)C.Oc1ccc2ccccc2c1-c1c(Br)c(Br)cc2ccccc12. The van der Waals surface area contributed by atoms with Crippen molar-refractivity contribution in [2.24, 2.45) is 0 Å². The zero-order valence-corrected chi connectivity index (χ0v) is 24.6. The molecule has 6 heteroatoms. The fourth-order valence-corrected chi connectivity index (χ4v) is 12.3. The Hall–Kier alpha value is -1.45. The highest BCUT2D eigenvalue weighted by Crippen LogP contribution is 2.46. The molecule has 0 aliphatic rings. The summed E-state index contributed by atoms with van der Waals surface area (Å²) in [5.41, 5.74) is 1.86. The highest BCUT2D eigenvalue weighted by Gasteiger charge is 2.24. The fourth-order valence-electron chi connectivity index (χ4n) is 3.97. The molecule has 168 valence electrons. The summed E-state index contributed by atoms with van der Waals surface area (Å²) in [5.74, 6) is 0.285. The minimum absolute atomic E-state index is 0.285. The number of fused-ring (bicyclic) bond motifs is 2. The van der Waals surface area contributed by atoms with E-state index in [-0.39, 0.29) is 5.75 Å². The molecular weight excluding hydrogens is 560 g/mol. The van der Waals surface area contributed by atoms with E-state index in [1.807, 2.05) is 36.4 Å². The Kier molecular flexibility index (Phi) is 7.72. The van der Waals surface area contributed by atoms with Gasteiger partial charge < -0.3 is 9.22 Å². The predicted molar refractivity (Wildman–Crippen MR) is 152 cm³/mol. The van der Waals surface area contributed by atoms with Gasteiger partial charge in [0.05, 0.1) is 0 Å². The Morgan fingerprint density at radius 3 is 1.69 bits per heavy atom. The van der Waals surface area contributed by atoms with Gasteiger partial charge in [-0.2, -0.15) is 0 Å². The third kappa shape index (κ3) is 6.11. The molecule has 0 aromatic heterocycles. The van der Waals surface area contributed by atoms with Gasteiger partial charge in [-0.25, -0.2) is 0 Å². The standard InChI is InChI=1S/C20H12Br2O.C6H18OSi2/c21-16-11-13-6-2-4-8-15(13)19(20(16)22)18-14-7-3-1-5-12(14)9-10-17(18)23;1-8(2,3)7-9(4,5)6/h1-11,23H;1-6H3. The molecule has 4 aromatic carbocycles. The van der Waals surface area contributed by atoms with Crippen LogP contribution in [0.5, 0.6) is 5.75 Å². The average Bonchev–Trinajstić information content (AvgIpc) is 2.68. The first-order chi connectivity index (χ1) is 14.9. The van der Waals surface area contributed by atoms with E-state index in [4.69, 9.17) is 4.12 Å². The quantitative estimate of drug-likeness (QED) is 0.241. The normalized spacial score (nSPS) is 12.0. The lowest BCUT2D eigenvalue weighted by molar-refractivity contribution is 0.478. The van der Waals surface area contributed by atoms with Gasteiger partial charge in [0.2, 0.25) is 0 Å². The first-order valence-corrected chi connectivity index (χ1v) is 19.1. The summed E-state index contributed by atoms with van der Waals surface area (Å²) in [7, 11) is -2.46. The number of aromatic hydroxyl groups is 1. The molecule has 0 amide bonds. The van der Waals surface area contributed by atoms with E-state index >= 15 is 0 Å². The molecule has 0 saturated heterocycles. The van der Waals surface area contributed by atoms with Gasteiger partial charge in [0.1, 0.15) is 5.75 Å². The van der Waals surface area contributed by atoms with Crippen molar-refractivity contribution < 1.29 is 9.22 Å². The molecule has 0 saturated carbocycles. The third-order valence-electron chi connectivity index (χ3n) is 4.71. The van der Waals surface area contributed by atoms with Crippen molar-refractivity contribution in [3.63, 3.8) is 0 Å². The summed E-state index contributed by atoms with van der Waals surface area (Å²) < 4.78 is 7.82. The highest BCUT2D eigenvalue weighted by atomic mass is 79.9. The Bertz CT molecular complexity index is 1250. The number of hydrogen-bond acceptors (Lipinski definition) is 2. The van der Waals surface area contributed by atoms with Crippen LogP contribution < -0.4 is 0 Å². The second-order valence-corrected chi connectivity index (χ2v) is 20.7. The molecule has 0 atom stereocenters. The number of rotatable bonds is 3. The van der Waals surface area contributed by atoms with E-state index in [0.29, 0.717) is 0 Å². The molecule has 4 rings (SSSR count). The van der Waals surface area contributed by atoms with E-state index in [9.17, 15) is 5.11 Å². The lowest BCUT2D eigenvalue weighted by Crippen LogP contribution is -2.39. The smallest absolute Gasteiger partial charge is 0.170 e. The number of phenolic OH excluding ortho intramolecular Hbond substituents is 1. The van der Waals surface area contributed by atoms with Crippen LogP contribution in [-0.2, 0) is 4.12 Å². The van der Waals surface area contributed by atoms with E-state index in [0.717, 1.165) is 41.6 Å².